The van der Waals surface area contributed by atoms with Gasteiger partial charge in [0.05, 0.1) is 5.56 Å². The molecule has 1 aliphatic rings. The minimum atomic E-state index is -1.01. The van der Waals surface area contributed by atoms with Gasteiger partial charge in [-0.2, -0.15) is 11.8 Å². The number of aliphatic carboxylic acids is 1. The van der Waals surface area contributed by atoms with Crippen LogP contribution in [0, 0.1) is 0 Å². The number of nitrogens with zero attached hydrogens (tertiary/aromatic N) is 2. The van der Waals surface area contributed by atoms with Crippen LogP contribution in [0.3, 0.4) is 0 Å². The molecule has 2 aromatic rings. The molecule has 1 fully saturated rings. The minimum absolute atomic E-state index is 0.170. The summed E-state index contributed by atoms with van der Waals surface area (Å²) in [4.78, 5) is 25.1. The van der Waals surface area contributed by atoms with E-state index in [9.17, 15) is 19.8 Å². The fourth-order valence-electron chi connectivity index (χ4n) is 3.10. The number of thioether (sulfide) groups is 1. The lowest BCUT2D eigenvalue weighted by Gasteiger charge is -2.31. The molecule has 1 aliphatic heterocycles. The van der Waals surface area contributed by atoms with Gasteiger partial charge in [-0.15, -0.1) is 0 Å². The lowest BCUT2D eigenvalue weighted by Crippen LogP contribution is -2.39. The van der Waals surface area contributed by atoms with E-state index < -0.39 is 18.0 Å². The van der Waals surface area contributed by atoms with Crippen LogP contribution in [0.2, 0.25) is 0 Å². The van der Waals surface area contributed by atoms with Crippen molar-refractivity contribution in [3.8, 4) is 0 Å². The average Bonchev–Trinajstić information content (AvgIpc) is 2.84. The Labute approximate surface area is 137 Å². The Morgan fingerprint density at radius 3 is 2.52 bits per heavy atom. The van der Waals surface area contributed by atoms with Crippen LogP contribution in [0.4, 0.5) is 0 Å². The number of aryl methyl sites for hydroxylation is 1. The molecule has 7 heteroatoms. The number of fused-ring (bicyclic) bond motifs is 1. The number of hydrogen-bond donors (Lipinski definition) is 2. The second-order valence-corrected chi connectivity index (χ2v) is 6.85. The number of rotatable bonds is 4. The summed E-state index contributed by atoms with van der Waals surface area (Å²) in [5.74, 6) is -0.0859. The Bertz CT molecular complexity index is 765. The Hall–Kier alpha value is -1.99. The van der Waals surface area contributed by atoms with Crippen molar-refractivity contribution in [2.24, 2.45) is 7.05 Å². The molecule has 0 bridgehead atoms. The zero-order valence-corrected chi connectivity index (χ0v) is 13.5. The Morgan fingerprint density at radius 2 is 1.91 bits per heavy atom. The monoisotopic (exact) mass is 334 g/mol. The van der Waals surface area contributed by atoms with Crippen molar-refractivity contribution >= 4 is 34.6 Å². The van der Waals surface area contributed by atoms with Gasteiger partial charge in [-0.25, -0.2) is 4.79 Å². The normalized spacial score (nSPS) is 17.3. The van der Waals surface area contributed by atoms with Crippen LogP contribution in [-0.4, -0.2) is 56.2 Å². The first kappa shape index (κ1) is 15.9. The molecule has 0 spiro atoms. The lowest BCUT2D eigenvalue weighted by atomic mass is 10.0. The summed E-state index contributed by atoms with van der Waals surface area (Å²) in [5, 5.41) is 19.6. The van der Waals surface area contributed by atoms with E-state index >= 15 is 0 Å². The predicted octanol–water partition coefficient (Wildman–Crippen LogP) is 2.05. The van der Waals surface area contributed by atoms with E-state index in [0.29, 0.717) is 10.9 Å². The first-order chi connectivity index (χ1) is 11.0. The van der Waals surface area contributed by atoms with E-state index in [1.807, 2.05) is 28.3 Å². The van der Waals surface area contributed by atoms with Crippen molar-refractivity contribution in [2.45, 2.75) is 6.04 Å². The summed E-state index contributed by atoms with van der Waals surface area (Å²) in [5.41, 5.74) is 1.66. The van der Waals surface area contributed by atoms with Crippen molar-refractivity contribution in [3.05, 3.63) is 35.5 Å². The van der Waals surface area contributed by atoms with Crippen LogP contribution in [0.1, 0.15) is 22.0 Å². The van der Waals surface area contributed by atoms with E-state index in [4.69, 9.17) is 0 Å². The summed E-state index contributed by atoms with van der Waals surface area (Å²) in [6.45, 7) is 1.44. The first-order valence-electron chi connectivity index (χ1n) is 7.36. The van der Waals surface area contributed by atoms with Gasteiger partial charge < -0.3 is 14.8 Å². The summed E-state index contributed by atoms with van der Waals surface area (Å²) in [7, 11) is 1.84. The molecule has 1 aromatic carbocycles. The second kappa shape index (κ2) is 6.25. The highest BCUT2D eigenvalue weighted by molar-refractivity contribution is 7.99. The van der Waals surface area contributed by atoms with E-state index in [0.717, 1.165) is 30.1 Å². The smallest absolute Gasteiger partial charge is 0.335 e. The fraction of sp³-hybridized carbons (Fsp3) is 0.375. The Morgan fingerprint density at radius 1 is 1.22 bits per heavy atom. The third-order valence-electron chi connectivity index (χ3n) is 4.21. The van der Waals surface area contributed by atoms with Gasteiger partial charge in [-0.3, -0.25) is 9.69 Å². The SMILES string of the molecule is Cn1cc(C(C(=O)O)N2CCSCC2)c2cc(C(=O)O)ccc21. The largest absolute Gasteiger partial charge is 0.480 e. The maximum absolute atomic E-state index is 11.9. The van der Waals surface area contributed by atoms with Gasteiger partial charge >= 0.3 is 11.9 Å². The standard InChI is InChI=1S/C16H18N2O4S/c1-17-9-12(11-8-10(15(19)20)2-3-13(11)17)14(16(21)22)18-4-6-23-7-5-18/h2-3,8-9,14H,4-7H2,1H3,(H,19,20)(H,21,22). The minimum Gasteiger partial charge on any atom is -0.480 e. The molecule has 6 nitrogen and oxygen atoms in total. The quantitative estimate of drug-likeness (QED) is 0.890. The molecule has 122 valence electrons. The number of benzene rings is 1. The summed E-state index contributed by atoms with van der Waals surface area (Å²) >= 11 is 1.82. The van der Waals surface area contributed by atoms with Crippen LogP contribution < -0.4 is 0 Å². The lowest BCUT2D eigenvalue weighted by molar-refractivity contribution is -0.143. The van der Waals surface area contributed by atoms with Crippen molar-refractivity contribution in [2.75, 3.05) is 24.6 Å². The first-order valence-corrected chi connectivity index (χ1v) is 8.51. The highest BCUT2D eigenvalue weighted by Crippen LogP contribution is 2.32. The molecule has 0 amide bonds. The van der Waals surface area contributed by atoms with Crippen molar-refractivity contribution in [3.63, 3.8) is 0 Å². The van der Waals surface area contributed by atoms with Crippen LogP contribution in [0.15, 0.2) is 24.4 Å². The summed E-state index contributed by atoms with van der Waals surface area (Å²) < 4.78 is 1.85. The zero-order valence-electron chi connectivity index (χ0n) is 12.7. The maximum Gasteiger partial charge on any atom is 0.335 e. The topological polar surface area (TPSA) is 82.8 Å². The second-order valence-electron chi connectivity index (χ2n) is 5.62. The van der Waals surface area contributed by atoms with E-state index in [2.05, 4.69) is 0 Å². The van der Waals surface area contributed by atoms with Gasteiger partial charge in [-0.05, 0) is 18.2 Å². The molecule has 0 radical (unpaired) electrons. The zero-order chi connectivity index (χ0) is 16.6. The molecule has 2 N–H and O–H groups in total. The highest BCUT2D eigenvalue weighted by atomic mass is 32.2. The fourth-order valence-corrected chi connectivity index (χ4v) is 4.03. The number of aromatic carboxylic acids is 1. The number of aromatic nitrogens is 1. The van der Waals surface area contributed by atoms with Crippen LogP contribution in [0.25, 0.3) is 10.9 Å². The van der Waals surface area contributed by atoms with Crippen molar-refractivity contribution in [1.29, 1.82) is 0 Å². The van der Waals surface area contributed by atoms with E-state index in [1.165, 1.54) is 0 Å². The van der Waals surface area contributed by atoms with Crippen LogP contribution >= 0.6 is 11.8 Å². The molecule has 1 aromatic heterocycles. The third-order valence-corrected chi connectivity index (χ3v) is 5.15. The summed E-state index contributed by atoms with van der Waals surface area (Å²) in [6.07, 6.45) is 1.80. The van der Waals surface area contributed by atoms with Crippen molar-refractivity contribution in [1.82, 2.24) is 9.47 Å². The van der Waals surface area contributed by atoms with Gasteiger partial charge in [0.2, 0.25) is 0 Å². The van der Waals surface area contributed by atoms with E-state index in [-0.39, 0.29) is 5.56 Å². The molecular formula is C16H18N2O4S. The van der Waals surface area contributed by atoms with Gasteiger partial charge in [0.25, 0.3) is 0 Å². The molecule has 2 heterocycles. The number of carbonyl (C=O) groups is 2. The number of carboxylic acids is 2. The highest BCUT2D eigenvalue weighted by Gasteiger charge is 2.31. The molecule has 0 aliphatic carbocycles. The molecule has 1 unspecified atom stereocenters. The molecule has 23 heavy (non-hydrogen) atoms. The number of hydrogen-bond acceptors (Lipinski definition) is 4. The van der Waals surface area contributed by atoms with Gasteiger partial charge in [0.15, 0.2) is 0 Å². The van der Waals surface area contributed by atoms with Crippen LogP contribution in [-0.2, 0) is 11.8 Å². The Balaban J connectivity index is 2.13. The van der Waals surface area contributed by atoms with Gasteiger partial charge in [0.1, 0.15) is 6.04 Å². The molecule has 1 saturated heterocycles. The average molecular weight is 334 g/mol. The third kappa shape index (κ3) is 2.94. The summed E-state index contributed by atoms with van der Waals surface area (Å²) in [6, 6.07) is 4.10. The maximum atomic E-state index is 11.9. The van der Waals surface area contributed by atoms with E-state index in [1.54, 1.807) is 24.4 Å². The number of carboxylic acid groups (broad SMARTS) is 2. The molecular weight excluding hydrogens is 316 g/mol. The Kier molecular flexibility index (Phi) is 4.32. The van der Waals surface area contributed by atoms with Crippen LogP contribution in [0.5, 0.6) is 0 Å². The molecule has 3 rings (SSSR count). The molecule has 1 atom stereocenters. The molecule has 0 saturated carbocycles. The van der Waals surface area contributed by atoms with Crippen molar-refractivity contribution < 1.29 is 19.8 Å². The van der Waals surface area contributed by atoms with Gasteiger partial charge in [0, 0.05) is 54.3 Å². The predicted molar refractivity (Wildman–Crippen MR) is 89.2 cm³/mol. The van der Waals surface area contributed by atoms with Gasteiger partial charge in [-0.1, -0.05) is 0 Å².